The van der Waals surface area contributed by atoms with Gasteiger partial charge in [-0.25, -0.2) is 4.68 Å². The molecule has 0 spiro atoms. The smallest absolute Gasteiger partial charge is 0.206 e. The number of thiazole rings is 1. The van der Waals surface area contributed by atoms with Crippen molar-refractivity contribution in [3.05, 3.63) is 57.5 Å². The Bertz CT molecular complexity index is 889. The van der Waals surface area contributed by atoms with E-state index in [1.54, 1.807) is 34.8 Å². The number of nitrogens with zero attached hydrogens (tertiary/aromatic N) is 3. The van der Waals surface area contributed by atoms with E-state index in [-0.39, 0.29) is 5.75 Å². The lowest BCUT2D eigenvalue weighted by Crippen LogP contribution is -2.14. The summed E-state index contributed by atoms with van der Waals surface area (Å²) in [6.07, 6.45) is 0. The summed E-state index contributed by atoms with van der Waals surface area (Å²) in [4.78, 5) is 6.52. The number of hydrogen-bond donors (Lipinski definition) is 1. The van der Waals surface area contributed by atoms with Gasteiger partial charge in [-0.1, -0.05) is 18.2 Å². The van der Waals surface area contributed by atoms with Gasteiger partial charge in [0.1, 0.15) is 5.75 Å². The van der Waals surface area contributed by atoms with Crippen molar-refractivity contribution < 1.29 is 5.11 Å². The summed E-state index contributed by atoms with van der Waals surface area (Å²) in [5, 5.41) is 18.9. The summed E-state index contributed by atoms with van der Waals surface area (Å²) in [6, 6.07) is 11.3. The van der Waals surface area contributed by atoms with Crippen molar-refractivity contribution in [1.82, 2.24) is 4.68 Å². The Hall–Kier alpha value is -2.18. The summed E-state index contributed by atoms with van der Waals surface area (Å²) in [5.41, 5.74) is 2.50. The first kappa shape index (κ1) is 15.7. The minimum atomic E-state index is 0.233. The Balaban J connectivity index is 2.15. The molecule has 4 nitrogen and oxygen atoms in total. The van der Waals surface area contributed by atoms with Crippen molar-refractivity contribution in [3.63, 3.8) is 0 Å². The molecule has 0 aliphatic rings. The van der Waals surface area contributed by atoms with Crippen molar-refractivity contribution in [2.24, 2.45) is 10.1 Å². The highest BCUT2D eigenvalue weighted by molar-refractivity contribution is 7.14. The molecule has 0 unspecified atom stereocenters. The maximum absolute atomic E-state index is 10.0. The van der Waals surface area contributed by atoms with E-state index >= 15 is 0 Å². The fraction of sp³-hybridized carbons (Fsp3) is 0.176. The van der Waals surface area contributed by atoms with Crippen LogP contribution in [0.1, 0.15) is 19.4 Å². The minimum Gasteiger partial charge on any atom is -0.507 e. The van der Waals surface area contributed by atoms with Gasteiger partial charge in [-0.05, 0) is 37.4 Å². The fourth-order valence-corrected chi connectivity index (χ4v) is 3.91. The van der Waals surface area contributed by atoms with Gasteiger partial charge in [-0.3, -0.25) is 4.99 Å². The van der Waals surface area contributed by atoms with E-state index in [1.807, 2.05) is 42.1 Å². The van der Waals surface area contributed by atoms with Gasteiger partial charge in [-0.2, -0.15) is 5.10 Å². The van der Waals surface area contributed by atoms with Crippen LogP contribution in [-0.4, -0.2) is 22.0 Å². The number of benzene rings is 1. The van der Waals surface area contributed by atoms with Crippen molar-refractivity contribution in [1.29, 1.82) is 0 Å². The predicted molar refractivity (Wildman–Crippen MR) is 97.4 cm³/mol. The number of thiophene rings is 1. The molecule has 1 aromatic carbocycles. The molecule has 0 atom stereocenters. The average Bonchev–Trinajstić information content (AvgIpc) is 3.18. The van der Waals surface area contributed by atoms with Crippen molar-refractivity contribution in [3.8, 4) is 16.3 Å². The van der Waals surface area contributed by atoms with Crippen LogP contribution >= 0.6 is 22.7 Å². The topological polar surface area (TPSA) is 49.9 Å². The second-order valence-electron chi connectivity index (χ2n) is 4.87. The first-order chi connectivity index (χ1) is 11.2. The van der Waals surface area contributed by atoms with Crippen LogP contribution in [0.25, 0.3) is 10.6 Å². The summed E-state index contributed by atoms with van der Waals surface area (Å²) >= 11 is 3.25. The molecule has 118 valence electrons. The Morgan fingerprint density at radius 2 is 2.00 bits per heavy atom. The van der Waals surface area contributed by atoms with Crippen LogP contribution in [0, 0.1) is 0 Å². The van der Waals surface area contributed by atoms with Gasteiger partial charge in [0.25, 0.3) is 0 Å². The third-order valence-corrected chi connectivity index (χ3v) is 5.04. The first-order valence-electron chi connectivity index (χ1n) is 7.29. The number of para-hydroxylation sites is 1. The maximum Gasteiger partial charge on any atom is 0.206 e. The van der Waals surface area contributed by atoms with Crippen LogP contribution in [0.3, 0.4) is 0 Å². The van der Waals surface area contributed by atoms with Crippen molar-refractivity contribution in [2.75, 3.05) is 6.54 Å². The Morgan fingerprint density at radius 1 is 1.17 bits per heavy atom. The number of hydrogen-bond acceptors (Lipinski definition) is 5. The average molecular weight is 343 g/mol. The molecule has 0 saturated carbocycles. The molecule has 6 heteroatoms. The highest BCUT2D eigenvalue weighted by Crippen LogP contribution is 2.25. The molecule has 2 aromatic heterocycles. The largest absolute Gasteiger partial charge is 0.507 e. The quantitative estimate of drug-likeness (QED) is 0.710. The van der Waals surface area contributed by atoms with Gasteiger partial charge in [-0.15, -0.1) is 22.7 Å². The van der Waals surface area contributed by atoms with Gasteiger partial charge < -0.3 is 5.11 Å². The van der Waals surface area contributed by atoms with Crippen molar-refractivity contribution in [2.45, 2.75) is 13.8 Å². The van der Waals surface area contributed by atoms with Gasteiger partial charge >= 0.3 is 0 Å². The molecular formula is C17H17N3OS2. The van der Waals surface area contributed by atoms with Crippen LogP contribution in [-0.2, 0) is 0 Å². The van der Waals surface area contributed by atoms with Crippen LogP contribution < -0.4 is 4.80 Å². The van der Waals surface area contributed by atoms with E-state index in [1.165, 1.54) is 0 Å². The molecule has 2 heterocycles. The fourth-order valence-electron chi connectivity index (χ4n) is 2.22. The van der Waals surface area contributed by atoms with Crippen LogP contribution in [0.4, 0.5) is 0 Å². The molecule has 1 N–H and O–H groups in total. The van der Waals surface area contributed by atoms with Crippen LogP contribution in [0.5, 0.6) is 5.75 Å². The molecule has 0 saturated heterocycles. The van der Waals surface area contributed by atoms with E-state index in [0.717, 1.165) is 26.6 Å². The van der Waals surface area contributed by atoms with E-state index in [0.29, 0.717) is 6.54 Å². The van der Waals surface area contributed by atoms with E-state index in [4.69, 9.17) is 5.10 Å². The standard InChI is InChI=1S/C17H17N3OS2/c1-3-18-17-20(14(11-23-17)16-9-6-10-22-16)19-12(2)13-7-4-5-8-15(13)21/h4-11,21H,3H2,1-2H3. The predicted octanol–water partition coefficient (Wildman–Crippen LogP) is 4.18. The van der Waals surface area contributed by atoms with Gasteiger partial charge in [0, 0.05) is 17.5 Å². The molecule has 0 aliphatic carbocycles. The van der Waals surface area contributed by atoms with E-state index in [2.05, 4.69) is 16.4 Å². The molecule has 0 aliphatic heterocycles. The van der Waals surface area contributed by atoms with Gasteiger partial charge in [0.05, 0.1) is 16.3 Å². The van der Waals surface area contributed by atoms with E-state index < -0.39 is 0 Å². The normalized spacial score (nSPS) is 12.8. The lowest BCUT2D eigenvalue weighted by molar-refractivity contribution is 0.474. The summed E-state index contributed by atoms with van der Waals surface area (Å²) in [6.45, 7) is 4.61. The Kier molecular flexibility index (Phi) is 4.73. The lowest BCUT2D eigenvalue weighted by Gasteiger charge is -2.06. The van der Waals surface area contributed by atoms with Gasteiger partial charge in [0.15, 0.2) is 0 Å². The maximum atomic E-state index is 10.0. The summed E-state index contributed by atoms with van der Waals surface area (Å²) in [5.74, 6) is 0.233. The molecule has 3 aromatic rings. The monoisotopic (exact) mass is 343 g/mol. The second kappa shape index (κ2) is 6.93. The lowest BCUT2D eigenvalue weighted by atomic mass is 10.1. The number of phenolic OH excluding ortho intramolecular Hbond substituents is 1. The zero-order valence-electron chi connectivity index (χ0n) is 12.9. The zero-order valence-corrected chi connectivity index (χ0v) is 14.6. The highest BCUT2D eigenvalue weighted by Gasteiger charge is 2.10. The third-order valence-electron chi connectivity index (χ3n) is 3.30. The molecule has 3 rings (SSSR count). The summed E-state index contributed by atoms with van der Waals surface area (Å²) < 4.78 is 1.86. The number of aromatic nitrogens is 1. The molecule has 0 amide bonds. The first-order valence-corrected chi connectivity index (χ1v) is 9.05. The molecular weight excluding hydrogens is 326 g/mol. The molecule has 0 bridgehead atoms. The summed E-state index contributed by atoms with van der Waals surface area (Å²) in [7, 11) is 0. The SMILES string of the molecule is CCN=c1scc(-c2cccs2)n1N=C(C)c1ccccc1O. The van der Waals surface area contributed by atoms with E-state index in [9.17, 15) is 5.11 Å². The molecule has 23 heavy (non-hydrogen) atoms. The second-order valence-corrected chi connectivity index (χ2v) is 6.65. The third kappa shape index (κ3) is 3.28. The minimum absolute atomic E-state index is 0.233. The Morgan fingerprint density at radius 3 is 2.70 bits per heavy atom. The highest BCUT2D eigenvalue weighted by atomic mass is 32.1. The van der Waals surface area contributed by atoms with Crippen LogP contribution in [0.15, 0.2) is 57.3 Å². The molecule has 0 radical (unpaired) electrons. The number of phenols is 1. The number of aromatic hydroxyl groups is 1. The van der Waals surface area contributed by atoms with Crippen LogP contribution in [0.2, 0.25) is 0 Å². The molecule has 0 fully saturated rings. The number of rotatable bonds is 4. The Labute approximate surface area is 142 Å². The zero-order chi connectivity index (χ0) is 16.2. The van der Waals surface area contributed by atoms with Crippen molar-refractivity contribution >= 4 is 28.4 Å². The van der Waals surface area contributed by atoms with Gasteiger partial charge in [0.2, 0.25) is 4.80 Å².